The molecule has 1 aromatic carbocycles. The molecule has 2 fully saturated rings. The Balaban J connectivity index is 1.51. The van der Waals surface area contributed by atoms with Crippen LogP contribution in [0.4, 0.5) is 4.79 Å². The quantitative estimate of drug-likeness (QED) is 0.860. The van der Waals surface area contributed by atoms with Gasteiger partial charge in [0, 0.05) is 25.7 Å². The predicted octanol–water partition coefficient (Wildman–Crippen LogP) is 2.24. The number of urea groups is 1. The van der Waals surface area contributed by atoms with E-state index < -0.39 is 0 Å². The molecule has 136 valence electrons. The van der Waals surface area contributed by atoms with Crippen LogP contribution in [0.25, 0.3) is 0 Å². The summed E-state index contributed by atoms with van der Waals surface area (Å²) in [5, 5.41) is 3.10. The van der Waals surface area contributed by atoms with Gasteiger partial charge in [-0.3, -0.25) is 4.79 Å². The van der Waals surface area contributed by atoms with Gasteiger partial charge in [0.25, 0.3) is 0 Å². The van der Waals surface area contributed by atoms with E-state index in [0.29, 0.717) is 25.6 Å². The summed E-state index contributed by atoms with van der Waals surface area (Å²) in [6, 6.07) is 7.87. The minimum atomic E-state index is -0.101. The van der Waals surface area contributed by atoms with Crippen molar-refractivity contribution in [1.82, 2.24) is 15.1 Å². The summed E-state index contributed by atoms with van der Waals surface area (Å²) in [6.45, 7) is 3.97. The Kier molecular flexibility index (Phi) is 5.46. The minimum absolute atomic E-state index is 0.00307. The summed E-state index contributed by atoms with van der Waals surface area (Å²) >= 11 is 0. The first-order valence-corrected chi connectivity index (χ1v) is 9.07. The third-order valence-corrected chi connectivity index (χ3v) is 5.08. The number of hydrogen-bond donors (Lipinski definition) is 1. The molecule has 0 radical (unpaired) electrons. The van der Waals surface area contributed by atoms with Crippen LogP contribution in [0.2, 0.25) is 0 Å². The first kappa shape index (κ1) is 17.6. The van der Waals surface area contributed by atoms with Gasteiger partial charge in [0.15, 0.2) is 0 Å². The second kappa shape index (κ2) is 7.76. The zero-order valence-corrected chi connectivity index (χ0v) is 15.0. The number of carbonyl (C=O) groups is 2. The Morgan fingerprint density at radius 2 is 2.00 bits per heavy atom. The van der Waals surface area contributed by atoms with E-state index in [0.717, 1.165) is 17.7 Å². The third-order valence-electron chi connectivity index (χ3n) is 5.08. The number of nitrogens with zero attached hydrogens (tertiary/aromatic N) is 2. The van der Waals surface area contributed by atoms with Crippen LogP contribution in [0.5, 0.6) is 5.75 Å². The van der Waals surface area contributed by atoms with Gasteiger partial charge >= 0.3 is 6.03 Å². The molecule has 1 aliphatic heterocycles. The van der Waals surface area contributed by atoms with Crippen LogP contribution in [-0.2, 0) is 11.3 Å². The van der Waals surface area contributed by atoms with Crippen LogP contribution in [-0.4, -0.2) is 54.5 Å². The maximum Gasteiger partial charge on any atom is 0.318 e. The Bertz CT molecular complexity index is 613. The molecule has 25 heavy (non-hydrogen) atoms. The summed E-state index contributed by atoms with van der Waals surface area (Å²) in [5.74, 6) is 1.43. The zero-order chi connectivity index (χ0) is 17.8. The highest BCUT2D eigenvalue weighted by molar-refractivity contribution is 5.85. The van der Waals surface area contributed by atoms with Gasteiger partial charge in [0.05, 0.1) is 7.11 Å². The van der Waals surface area contributed by atoms with E-state index in [9.17, 15) is 9.59 Å². The molecule has 2 aliphatic rings. The molecule has 6 nitrogen and oxygen atoms in total. The van der Waals surface area contributed by atoms with E-state index in [1.807, 2.05) is 29.2 Å². The first-order valence-electron chi connectivity index (χ1n) is 9.07. The number of benzene rings is 1. The predicted molar refractivity (Wildman–Crippen MR) is 95.3 cm³/mol. The van der Waals surface area contributed by atoms with Crippen LogP contribution in [0.3, 0.4) is 0 Å². The maximum atomic E-state index is 12.4. The van der Waals surface area contributed by atoms with Crippen molar-refractivity contribution in [3.05, 3.63) is 29.8 Å². The lowest BCUT2D eigenvalue weighted by Crippen LogP contribution is -2.55. The molecule has 1 N–H and O–H groups in total. The van der Waals surface area contributed by atoms with Crippen molar-refractivity contribution in [3.8, 4) is 5.75 Å². The van der Waals surface area contributed by atoms with Gasteiger partial charge in [-0.05, 0) is 42.9 Å². The Hall–Kier alpha value is -2.24. The highest BCUT2D eigenvalue weighted by Gasteiger charge is 2.33. The second-order valence-electron chi connectivity index (χ2n) is 6.89. The topological polar surface area (TPSA) is 61.9 Å². The monoisotopic (exact) mass is 345 g/mol. The Morgan fingerprint density at radius 3 is 2.56 bits per heavy atom. The summed E-state index contributed by atoms with van der Waals surface area (Å²) in [4.78, 5) is 28.3. The van der Waals surface area contributed by atoms with E-state index in [2.05, 4.69) is 12.2 Å². The molecule has 0 aromatic heterocycles. The van der Waals surface area contributed by atoms with Gasteiger partial charge in [-0.25, -0.2) is 4.79 Å². The Labute approximate surface area is 149 Å². The number of nitrogens with one attached hydrogen (secondary N) is 1. The van der Waals surface area contributed by atoms with E-state index in [4.69, 9.17) is 4.74 Å². The molecular weight excluding hydrogens is 318 g/mol. The van der Waals surface area contributed by atoms with Crippen molar-refractivity contribution in [2.75, 3.05) is 26.7 Å². The molecule has 6 heteroatoms. The van der Waals surface area contributed by atoms with Gasteiger partial charge in [0.1, 0.15) is 12.3 Å². The van der Waals surface area contributed by atoms with Gasteiger partial charge in [0.2, 0.25) is 5.91 Å². The van der Waals surface area contributed by atoms with E-state index in [-0.39, 0.29) is 24.5 Å². The Morgan fingerprint density at radius 1 is 1.28 bits per heavy atom. The normalized spacial score (nSPS) is 18.9. The average molecular weight is 345 g/mol. The van der Waals surface area contributed by atoms with Crippen LogP contribution >= 0.6 is 0 Å². The summed E-state index contributed by atoms with van der Waals surface area (Å²) in [5.41, 5.74) is 1.06. The number of hydrogen-bond acceptors (Lipinski definition) is 3. The lowest BCUT2D eigenvalue weighted by Gasteiger charge is -2.35. The van der Waals surface area contributed by atoms with Crippen molar-refractivity contribution < 1.29 is 14.3 Å². The SMILES string of the molecule is CC[C@@H](NC(=O)N1CCN(Cc2ccc(OC)cc2)C(=O)C1)C1CC1. The van der Waals surface area contributed by atoms with Crippen LogP contribution in [0, 0.1) is 5.92 Å². The highest BCUT2D eigenvalue weighted by Crippen LogP contribution is 2.34. The summed E-state index contributed by atoms with van der Waals surface area (Å²) in [7, 11) is 1.63. The van der Waals surface area contributed by atoms with Crippen LogP contribution in [0.1, 0.15) is 31.7 Å². The zero-order valence-electron chi connectivity index (χ0n) is 15.0. The van der Waals surface area contributed by atoms with Crippen molar-refractivity contribution >= 4 is 11.9 Å². The first-order chi connectivity index (χ1) is 12.1. The van der Waals surface area contributed by atoms with Crippen LogP contribution in [0.15, 0.2) is 24.3 Å². The number of ether oxygens (including phenoxy) is 1. The number of carbonyl (C=O) groups excluding carboxylic acids is 2. The fourth-order valence-corrected chi connectivity index (χ4v) is 3.30. The van der Waals surface area contributed by atoms with Gasteiger partial charge < -0.3 is 19.9 Å². The largest absolute Gasteiger partial charge is 0.497 e. The fourth-order valence-electron chi connectivity index (χ4n) is 3.30. The van der Waals surface area contributed by atoms with Crippen LogP contribution < -0.4 is 10.1 Å². The smallest absolute Gasteiger partial charge is 0.318 e. The van der Waals surface area contributed by atoms with Gasteiger partial charge in [-0.1, -0.05) is 19.1 Å². The van der Waals surface area contributed by atoms with Gasteiger partial charge in [-0.15, -0.1) is 0 Å². The number of piperazine rings is 1. The molecule has 1 heterocycles. The molecule has 3 rings (SSSR count). The number of rotatable bonds is 6. The number of amides is 3. The molecule has 0 unspecified atom stereocenters. The van der Waals surface area contributed by atoms with E-state index >= 15 is 0 Å². The lowest BCUT2D eigenvalue weighted by molar-refractivity contribution is -0.135. The molecule has 1 aliphatic carbocycles. The third kappa shape index (κ3) is 4.44. The molecular formula is C19H27N3O3. The van der Waals surface area contributed by atoms with Crippen molar-refractivity contribution in [2.45, 2.75) is 38.8 Å². The van der Waals surface area contributed by atoms with Crippen molar-refractivity contribution in [2.24, 2.45) is 5.92 Å². The molecule has 1 atom stereocenters. The number of methoxy groups -OCH3 is 1. The fraction of sp³-hybridized carbons (Fsp3) is 0.579. The highest BCUT2D eigenvalue weighted by atomic mass is 16.5. The van der Waals surface area contributed by atoms with Crippen molar-refractivity contribution in [3.63, 3.8) is 0 Å². The summed E-state index contributed by atoms with van der Waals surface area (Å²) < 4.78 is 5.15. The molecule has 0 spiro atoms. The molecule has 1 saturated carbocycles. The van der Waals surface area contributed by atoms with E-state index in [1.54, 1.807) is 12.0 Å². The maximum absolute atomic E-state index is 12.4. The molecule has 3 amide bonds. The second-order valence-corrected chi connectivity index (χ2v) is 6.89. The molecule has 1 aromatic rings. The van der Waals surface area contributed by atoms with Gasteiger partial charge in [-0.2, -0.15) is 0 Å². The van der Waals surface area contributed by atoms with Crippen molar-refractivity contribution in [1.29, 1.82) is 0 Å². The lowest BCUT2D eigenvalue weighted by atomic mass is 10.1. The standard InChI is InChI=1S/C19H27N3O3/c1-3-17(15-6-7-15)20-19(24)22-11-10-21(18(23)13-22)12-14-4-8-16(25-2)9-5-14/h4-5,8-9,15,17H,3,6-7,10-13H2,1-2H3,(H,20,24)/t17-/m1/s1. The summed E-state index contributed by atoms with van der Waals surface area (Å²) in [6.07, 6.45) is 3.35. The van der Waals surface area contributed by atoms with E-state index in [1.165, 1.54) is 12.8 Å². The molecule has 1 saturated heterocycles. The molecule has 0 bridgehead atoms. The average Bonchev–Trinajstić information content (AvgIpc) is 3.47. The minimum Gasteiger partial charge on any atom is -0.497 e.